The molecular formula is C15H11I2N2O3+. The molecule has 0 radical (unpaired) electrons. The third-order valence-corrected chi connectivity index (χ3v) is 4.57. The van der Waals surface area contributed by atoms with Gasteiger partial charge in [-0.2, -0.15) is 4.99 Å². The molecule has 1 heterocycles. The Bertz CT molecular complexity index is 790. The standard InChI is InChI=1S/C15H10I2N2O3/c16-8-5-9(14(20)10(17)6-8)15(21)22-7-13-18-11-3-1-2-4-12(11)19-13/h1-6,20H,7H2,(H,18,19)/p+1. The molecule has 22 heavy (non-hydrogen) atoms. The first-order valence-corrected chi connectivity index (χ1v) is 8.57. The lowest BCUT2D eigenvalue weighted by molar-refractivity contribution is -0.442. The van der Waals surface area contributed by atoms with Crippen LogP contribution in [0.3, 0.4) is 0 Å². The summed E-state index contributed by atoms with van der Waals surface area (Å²) >= 11 is 4.08. The highest BCUT2D eigenvalue weighted by molar-refractivity contribution is 14.1. The van der Waals surface area contributed by atoms with Gasteiger partial charge in [0.2, 0.25) is 5.84 Å². The number of phenolic OH excluding ortho intramolecular Hbond substituents is 1. The van der Waals surface area contributed by atoms with Crippen molar-refractivity contribution in [2.45, 2.75) is 0 Å². The van der Waals surface area contributed by atoms with Crippen LogP contribution in [0.15, 0.2) is 41.4 Å². The van der Waals surface area contributed by atoms with Crippen molar-refractivity contribution in [1.82, 2.24) is 0 Å². The molecule has 0 unspecified atom stereocenters. The van der Waals surface area contributed by atoms with Gasteiger partial charge in [0.25, 0.3) is 0 Å². The lowest BCUT2D eigenvalue weighted by Gasteiger charge is -2.07. The fourth-order valence-corrected chi connectivity index (χ4v) is 3.94. The maximum Gasteiger partial charge on any atom is 0.342 e. The summed E-state index contributed by atoms with van der Waals surface area (Å²) in [5.41, 5.74) is 2.06. The van der Waals surface area contributed by atoms with E-state index in [9.17, 15) is 9.90 Å². The van der Waals surface area contributed by atoms with E-state index in [1.54, 1.807) is 12.1 Å². The van der Waals surface area contributed by atoms with Gasteiger partial charge in [-0.1, -0.05) is 12.1 Å². The zero-order chi connectivity index (χ0) is 15.7. The highest BCUT2D eigenvalue weighted by Gasteiger charge is 2.22. The molecule has 0 aromatic heterocycles. The summed E-state index contributed by atoms with van der Waals surface area (Å²) in [4.78, 5) is 16.5. The summed E-state index contributed by atoms with van der Waals surface area (Å²) in [6, 6.07) is 11.1. The number of nitrogens with zero attached hydrogens (tertiary/aromatic N) is 1. The summed E-state index contributed by atoms with van der Waals surface area (Å²) in [7, 11) is 0. The minimum atomic E-state index is -0.555. The molecule has 7 heteroatoms. The van der Waals surface area contributed by atoms with Gasteiger partial charge in [-0.25, -0.2) is 4.79 Å². The van der Waals surface area contributed by atoms with Crippen LogP contribution in [0, 0.1) is 7.14 Å². The van der Waals surface area contributed by atoms with Gasteiger partial charge >= 0.3 is 5.97 Å². The molecule has 0 amide bonds. The van der Waals surface area contributed by atoms with Gasteiger partial charge in [-0.05, 0) is 63.4 Å². The summed E-state index contributed by atoms with van der Waals surface area (Å²) < 4.78 is 6.75. The number of phenols is 1. The summed E-state index contributed by atoms with van der Waals surface area (Å²) in [6.45, 7) is 0.0784. The fourth-order valence-electron chi connectivity index (χ4n) is 2.09. The van der Waals surface area contributed by atoms with Crippen LogP contribution in [0.1, 0.15) is 10.4 Å². The molecule has 3 N–H and O–H groups in total. The van der Waals surface area contributed by atoms with Crippen molar-refractivity contribution in [2.75, 3.05) is 6.61 Å². The largest absolute Gasteiger partial charge is 0.506 e. The molecule has 3 rings (SSSR count). The number of carbonyl (C=O) groups is 1. The minimum Gasteiger partial charge on any atom is -0.506 e. The number of rotatable bonds is 3. The van der Waals surface area contributed by atoms with E-state index in [2.05, 4.69) is 27.6 Å². The van der Waals surface area contributed by atoms with E-state index >= 15 is 0 Å². The van der Waals surface area contributed by atoms with Gasteiger partial charge in [-0.3, -0.25) is 5.32 Å². The molecule has 5 nitrogen and oxygen atoms in total. The highest BCUT2D eigenvalue weighted by Crippen LogP contribution is 2.28. The molecular weight excluding hydrogens is 510 g/mol. The average Bonchev–Trinajstić information content (AvgIpc) is 2.91. The van der Waals surface area contributed by atoms with E-state index in [1.165, 1.54) is 0 Å². The van der Waals surface area contributed by atoms with Gasteiger partial charge in [0, 0.05) is 9.64 Å². The maximum atomic E-state index is 12.1. The number of amidine groups is 1. The van der Waals surface area contributed by atoms with Crippen LogP contribution in [-0.4, -0.2) is 23.5 Å². The normalized spacial score (nSPS) is 12.7. The number of nitrogens with two attached hydrogens (primary N) is 1. The fraction of sp³-hybridized carbons (Fsp3) is 0.0667. The number of benzene rings is 2. The Morgan fingerprint density at radius 2 is 2.05 bits per heavy atom. The number of para-hydroxylation sites is 2. The van der Waals surface area contributed by atoms with Crippen LogP contribution in [0.2, 0.25) is 0 Å². The second kappa shape index (κ2) is 6.50. The van der Waals surface area contributed by atoms with Crippen molar-refractivity contribution < 1.29 is 20.0 Å². The molecule has 0 bridgehead atoms. The summed E-state index contributed by atoms with van der Waals surface area (Å²) in [5.74, 6) is 0.0852. The van der Waals surface area contributed by atoms with E-state index in [4.69, 9.17) is 4.74 Å². The number of esters is 1. The lowest BCUT2D eigenvalue weighted by atomic mass is 10.2. The van der Waals surface area contributed by atoms with Gasteiger partial charge in [-0.15, -0.1) is 0 Å². The number of fused-ring (bicyclic) bond motifs is 1. The van der Waals surface area contributed by atoms with E-state index in [1.807, 2.05) is 52.2 Å². The Balaban J connectivity index is 1.70. The van der Waals surface area contributed by atoms with Gasteiger partial charge in [0.05, 0.1) is 3.57 Å². The Labute approximate surface area is 154 Å². The van der Waals surface area contributed by atoms with Crippen molar-refractivity contribution in [2.24, 2.45) is 4.99 Å². The monoisotopic (exact) mass is 521 g/mol. The number of ether oxygens (including phenoxy) is 1. The minimum absolute atomic E-state index is 0.0494. The molecule has 1 aliphatic heterocycles. The van der Waals surface area contributed by atoms with Gasteiger partial charge in [0.1, 0.15) is 17.0 Å². The third kappa shape index (κ3) is 3.25. The molecule has 112 valence electrons. The molecule has 2 aromatic rings. The second-order valence-corrected chi connectivity index (χ2v) is 7.07. The zero-order valence-electron chi connectivity index (χ0n) is 11.2. The smallest absolute Gasteiger partial charge is 0.342 e. The van der Waals surface area contributed by atoms with Crippen molar-refractivity contribution in [3.63, 3.8) is 0 Å². The Kier molecular flexibility index (Phi) is 4.64. The van der Waals surface area contributed by atoms with Gasteiger partial charge in [0.15, 0.2) is 12.3 Å². The first-order valence-electron chi connectivity index (χ1n) is 6.41. The lowest BCUT2D eigenvalue weighted by Crippen LogP contribution is -2.81. The van der Waals surface area contributed by atoms with Crippen LogP contribution in [0.25, 0.3) is 0 Å². The molecule has 0 saturated heterocycles. The molecule has 2 aromatic carbocycles. The quantitative estimate of drug-likeness (QED) is 0.371. The van der Waals surface area contributed by atoms with Crippen molar-refractivity contribution >= 4 is 68.4 Å². The van der Waals surface area contributed by atoms with E-state index in [-0.39, 0.29) is 17.9 Å². The van der Waals surface area contributed by atoms with Crippen molar-refractivity contribution in [3.05, 3.63) is 49.1 Å². The van der Waals surface area contributed by atoms with Crippen LogP contribution in [-0.2, 0) is 4.74 Å². The van der Waals surface area contributed by atoms with Crippen LogP contribution >= 0.6 is 45.2 Å². The van der Waals surface area contributed by atoms with E-state index in [0.717, 1.165) is 14.9 Å². The molecule has 1 aliphatic rings. The summed E-state index contributed by atoms with van der Waals surface area (Å²) in [6.07, 6.45) is 0. The maximum absolute atomic E-state index is 12.1. The Morgan fingerprint density at radius 3 is 2.82 bits per heavy atom. The zero-order valence-corrected chi connectivity index (χ0v) is 15.5. The number of halogens is 2. The number of aliphatic imine (C=N–C) groups is 1. The van der Waals surface area contributed by atoms with Crippen molar-refractivity contribution in [3.8, 4) is 5.75 Å². The molecule has 0 atom stereocenters. The number of aromatic hydroxyl groups is 1. The van der Waals surface area contributed by atoms with Gasteiger partial charge < -0.3 is 9.84 Å². The summed E-state index contributed by atoms with van der Waals surface area (Å²) in [5, 5.41) is 11.9. The van der Waals surface area contributed by atoms with Crippen LogP contribution < -0.4 is 5.32 Å². The number of hydrogen-bond acceptors (Lipinski definition) is 4. The topological polar surface area (TPSA) is 75.5 Å². The van der Waals surface area contributed by atoms with Crippen molar-refractivity contribution in [1.29, 1.82) is 0 Å². The van der Waals surface area contributed by atoms with Crippen LogP contribution in [0.4, 0.5) is 11.4 Å². The van der Waals surface area contributed by atoms with Crippen LogP contribution in [0.5, 0.6) is 5.75 Å². The first kappa shape index (κ1) is 15.7. The second-order valence-electron chi connectivity index (χ2n) is 4.67. The molecule has 0 aliphatic carbocycles. The highest BCUT2D eigenvalue weighted by atomic mass is 127. The number of quaternary nitrogens is 1. The predicted molar refractivity (Wildman–Crippen MR) is 98.9 cm³/mol. The number of carbonyl (C=O) groups excluding carboxylic acids is 1. The molecule has 0 spiro atoms. The van der Waals surface area contributed by atoms with E-state index < -0.39 is 5.97 Å². The third-order valence-electron chi connectivity index (χ3n) is 3.12. The SMILES string of the molecule is O=C(OCC1=Nc2ccccc2[NH2+]1)c1cc(I)cc(I)c1O. The predicted octanol–water partition coefficient (Wildman–Crippen LogP) is 2.70. The number of hydrogen-bond donors (Lipinski definition) is 2. The molecule has 0 saturated carbocycles. The Morgan fingerprint density at radius 1 is 1.27 bits per heavy atom. The van der Waals surface area contributed by atoms with E-state index in [0.29, 0.717) is 9.41 Å². The Hall–Kier alpha value is -1.20. The average molecular weight is 521 g/mol. The molecule has 0 fully saturated rings. The first-order chi connectivity index (χ1) is 10.5.